The monoisotopic (exact) mass is 319 g/mol. The Balaban J connectivity index is 1.93. The molecule has 0 amide bonds. The summed E-state index contributed by atoms with van der Waals surface area (Å²) in [7, 11) is 0. The molecule has 0 heterocycles. The van der Waals surface area contributed by atoms with Crippen molar-refractivity contribution in [2.24, 2.45) is 0 Å². The van der Waals surface area contributed by atoms with Crippen molar-refractivity contribution in [1.29, 1.82) is 0 Å². The summed E-state index contributed by atoms with van der Waals surface area (Å²) in [6.45, 7) is 0. The molecule has 0 heteroatoms. The normalized spacial score (nSPS) is 10.8. The molecule has 0 fully saturated rings. The second-order valence-electron chi connectivity index (χ2n) is 6.02. The Bertz CT molecular complexity index is 886. The van der Waals surface area contributed by atoms with Gasteiger partial charge < -0.3 is 0 Å². The highest BCUT2D eigenvalue weighted by atomic mass is 14.2. The van der Waals surface area contributed by atoms with Crippen LogP contribution in [0.3, 0.4) is 0 Å². The largest absolute Gasteiger partial charge is 0.0635 e. The van der Waals surface area contributed by atoms with Gasteiger partial charge in [0.1, 0.15) is 0 Å². The fourth-order valence-electron chi connectivity index (χ4n) is 3.26. The highest BCUT2D eigenvalue weighted by molar-refractivity contribution is 5.74. The zero-order valence-corrected chi connectivity index (χ0v) is 14.0. The molecule has 0 spiro atoms. The van der Waals surface area contributed by atoms with Crippen LogP contribution in [0.4, 0.5) is 0 Å². The molecule has 0 atom stereocenters. The average molecular weight is 319 g/mol. The molecule has 0 aromatic heterocycles. The van der Waals surface area contributed by atoms with Crippen LogP contribution >= 0.6 is 0 Å². The second kappa shape index (κ2) is 7.19. The van der Waals surface area contributed by atoms with E-state index in [1.54, 1.807) is 0 Å². The third kappa shape index (κ3) is 3.25. The van der Waals surface area contributed by atoms with Gasteiger partial charge in [0, 0.05) is 0 Å². The van der Waals surface area contributed by atoms with Gasteiger partial charge in [0.05, 0.1) is 5.92 Å². The van der Waals surface area contributed by atoms with E-state index >= 15 is 0 Å². The molecule has 0 aliphatic heterocycles. The van der Waals surface area contributed by atoms with Gasteiger partial charge in [-0.3, -0.25) is 0 Å². The minimum absolute atomic E-state index is 1.23. The molecule has 119 valence electrons. The van der Waals surface area contributed by atoms with Crippen LogP contribution in [0.5, 0.6) is 0 Å². The molecule has 0 bridgehead atoms. The molecule has 0 aliphatic rings. The zero-order chi connectivity index (χ0) is 16.9. The topological polar surface area (TPSA) is 0 Å². The van der Waals surface area contributed by atoms with Gasteiger partial charge in [0.2, 0.25) is 0 Å². The van der Waals surface area contributed by atoms with Gasteiger partial charge in [0.15, 0.2) is 0 Å². The lowest BCUT2D eigenvalue weighted by atomic mass is 9.81. The molecule has 0 N–H and O–H groups in total. The molecule has 4 aromatic carbocycles. The van der Waals surface area contributed by atoms with Crippen LogP contribution in [0.15, 0.2) is 115 Å². The summed E-state index contributed by atoms with van der Waals surface area (Å²) in [5.41, 5.74) is 6.22. The Kier molecular flexibility index (Phi) is 4.43. The van der Waals surface area contributed by atoms with E-state index in [1.165, 1.54) is 33.7 Å². The number of hydrogen-bond acceptors (Lipinski definition) is 0. The average Bonchev–Trinajstić information content (AvgIpc) is 2.71. The van der Waals surface area contributed by atoms with E-state index in [9.17, 15) is 0 Å². The van der Waals surface area contributed by atoms with Gasteiger partial charge in [-0.15, -0.1) is 0 Å². The van der Waals surface area contributed by atoms with Crippen LogP contribution < -0.4 is 0 Å². The van der Waals surface area contributed by atoms with Crippen LogP contribution in [-0.2, 0) is 0 Å². The van der Waals surface area contributed by atoms with Crippen LogP contribution in [0, 0.1) is 5.92 Å². The van der Waals surface area contributed by atoms with Crippen molar-refractivity contribution in [3.05, 3.63) is 138 Å². The Morgan fingerprint density at radius 2 is 0.840 bits per heavy atom. The minimum Gasteiger partial charge on any atom is -0.0622 e. The fourth-order valence-corrected chi connectivity index (χ4v) is 3.26. The van der Waals surface area contributed by atoms with Crippen LogP contribution in [0.25, 0.3) is 11.1 Å². The standard InChI is InChI=1S/C25H19/c1-4-12-20(13-5-1)23-18-10-11-19-24(23)25(21-14-6-2-7-15-21)22-16-8-3-9-17-22/h1-19H. The lowest BCUT2D eigenvalue weighted by Gasteiger charge is -2.21. The summed E-state index contributed by atoms with van der Waals surface area (Å²) < 4.78 is 0. The predicted octanol–water partition coefficient (Wildman–Crippen LogP) is 6.37. The fraction of sp³-hybridized carbons (Fsp3) is 0. The van der Waals surface area contributed by atoms with E-state index in [1.807, 2.05) is 0 Å². The molecule has 0 nitrogen and oxygen atoms in total. The molecule has 0 saturated heterocycles. The van der Waals surface area contributed by atoms with Gasteiger partial charge in [-0.2, -0.15) is 0 Å². The quantitative estimate of drug-likeness (QED) is 0.383. The summed E-state index contributed by atoms with van der Waals surface area (Å²) in [5.74, 6) is 1.26. The van der Waals surface area contributed by atoms with E-state index in [0.717, 1.165) is 0 Å². The van der Waals surface area contributed by atoms with Gasteiger partial charge in [-0.25, -0.2) is 0 Å². The van der Waals surface area contributed by atoms with E-state index in [0.29, 0.717) is 0 Å². The van der Waals surface area contributed by atoms with Crippen LogP contribution in [0.2, 0.25) is 0 Å². The lowest BCUT2D eigenvalue weighted by Crippen LogP contribution is -2.06. The molecule has 0 aliphatic carbocycles. The van der Waals surface area contributed by atoms with Crippen molar-refractivity contribution < 1.29 is 0 Å². The molecule has 0 saturated carbocycles. The SMILES string of the molecule is c1ccc([C](c2ccccc2)c2ccccc2-c2ccccc2)cc1. The second-order valence-corrected chi connectivity index (χ2v) is 6.02. The van der Waals surface area contributed by atoms with Crippen molar-refractivity contribution in [2.45, 2.75) is 0 Å². The van der Waals surface area contributed by atoms with E-state index < -0.39 is 0 Å². The summed E-state index contributed by atoms with van der Waals surface area (Å²) in [6, 6.07) is 40.5. The summed E-state index contributed by atoms with van der Waals surface area (Å²) in [5, 5.41) is 0. The third-order valence-corrected chi connectivity index (χ3v) is 4.41. The van der Waals surface area contributed by atoms with Gasteiger partial charge in [-0.05, 0) is 27.8 Å². The predicted molar refractivity (Wildman–Crippen MR) is 105 cm³/mol. The summed E-state index contributed by atoms with van der Waals surface area (Å²) in [6.07, 6.45) is 0. The number of benzene rings is 4. The van der Waals surface area contributed by atoms with E-state index in [-0.39, 0.29) is 0 Å². The van der Waals surface area contributed by atoms with Crippen molar-refractivity contribution in [2.75, 3.05) is 0 Å². The zero-order valence-electron chi connectivity index (χ0n) is 14.0. The summed E-state index contributed by atoms with van der Waals surface area (Å²) >= 11 is 0. The molecule has 1 radical (unpaired) electrons. The highest BCUT2D eigenvalue weighted by Crippen LogP contribution is 2.36. The van der Waals surface area contributed by atoms with Crippen LogP contribution in [-0.4, -0.2) is 0 Å². The van der Waals surface area contributed by atoms with Gasteiger partial charge in [0.25, 0.3) is 0 Å². The van der Waals surface area contributed by atoms with Gasteiger partial charge in [-0.1, -0.05) is 115 Å². The van der Waals surface area contributed by atoms with E-state index in [2.05, 4.69) is 115 Å². The first-order valence-corrected chi connectivity index (χ1v) is 8.56. The molecular formula is C25H19. The molecule has 0 unspecified atom stereocenters. The smallest absolute Gasteiger partial charge is 0.0622 e. The van der Waals surface area contributed by atoms with Crippen molar-refractivity contribution >= 4 is 0 Å². The molecule has 4 aromatic rings. The number of rotatable bonds is 4. The first-order valence-electron chi connectivity index (χ1n) is 8.56. The molecule has 4 rings (SSSR count). The lowest BCUT2D eigenvalue weighted by molar-refractivity contribution is 1.23. The Morgan fingerprint density at radius 3 is 1.40 bits per heavy atom. The van der Waals surface area contributed by atoms with Crippen LogP contribution in [0.1, 0.15) is 16.7 Å². The highest BCUT2D eigenvalue weighted by Gasteiger charge is 2.20. The Labute approximate surface area is 149 Å². The van der Waals surface area contributed by atoms with Crippen molar-refractivity contribution in [3.63, 3.8) is 0 Å². The number of hydrogen-bond donors (Lipinski definition) is 0. The molecular weight excluding hydrogens is 300 g/mol. The first-order chi connectivity index (χ1) is 12.4. The maximum Gasteiger partial charge on any atom is 0.0635 e. The van der Waals surface area contributed by atoms with E-state index in [4.69, 9.17) is 0 Å². The Hall–Kier alpha value is -3.12. The van der Waals surface area contributed by atoms with Gasteiger partial charge >= 0.3 is 0 Å². The first kappa shape index (κ1) is 15.4. The third-order valence-electron chi connectivity index (χ3n) is 4.41. The molecule has 25 heavy (non-hydrogen) atoms. The van der Waals surface area contributed by atoms with Crippen molar-refractivity contribution in [1.82, 2.24) is 0 Å². The summed E-state index contributed by atoms with van der Waals surface area (Å²) in [4.78, 5) is 0. The maximum absolute atomic E-state index is 2.22. The van der Waals surface area contributed by atoms with Crippen molar-refractivity contribution in [3.8, 4) is 11.1 Å². The minimum atomic E-state index is 1.23. The Morgan fingerprint density at radius 1 is 0.400 bits per heavy atom. The maximum atomic E-state index is 2.22.